The van der Waals surface area contributed by atoms with Gasteiger partial charge in [0.1, 0.15) is 12.9 Å². The van der Waals surface area contributed by atoms with Crippen LogP contribution in [0.25, 0.3) is 0 Å². The summed E-state index contributed by atoms with van der Waals surface area (Å²) in [4.78, 5) is 24.3. The maximum absolute atomic E-state index is 12.6. The van der Waals surface area contributed by atoms with Crippen molar-refractivity contribution in [1.82, 2.24) is 0 Å². The molecule has 32 heavy (non-hydrogen) atoms. The predicted molar refractivity (Wildman–Crippen MR) is 113 cm³/mol. The lowest BCUT2D eigenvalue weighted by Crippen LogP contribution is -2.63. The SMILES string of the molecule is CC12CCC3C(CCC4CC(OS(=O)(=O)O)CCC43C=O)C1(O)CCC2C1=CC(=O)OC1. The van der Waals surface area contributed by atoms with Gasteiger partial charge in [-0.1, -0.05) is 6.92 Å². The molecular formula is C23H32O8S. The summed E-state index contributed by atoms with van der Waals surface area (Å²) < 4.78 is 41.5. The minimum Gasteiger partial charge on any atom is -0.458 e. The van der Waals surface area contributed by atoms with Gasteiger partial charge in [0, 0.05) is 16.9 Å². The molecule has 4 aliphatic carbocycles. The Bertz CT molecular complexity index is 959. The highest BCUT2D eigenvalue weighted by molar-refractivity contribution is 7.80. The Hall–Kier alpha value is -1.29. The molecule has 0 bridgehead atoms. The standard InChI is InChI=1S/C23H32O8S/c1-21-7-5-18-19(23(21,26)9-6-17(21)14-10-20(25)30-12-14)3-2-15-11-16(31-32(27,28)29)4-8-22(15,18)13-24/h10,13,15-19,26H,2-9,11-12H2,1H3,(H,27,28,29). The monoisotopic (exact) mass is 468 g/mol. The number of fused-ring (bicyclic) bond motifs is 5. The number of hydrogen-bond donors (Lipinski definition) is 2. The quantitative estimate of drug-likeness (QED) is 0.366. The van der Waals surface area contributed by atoms with Gasteiger partial charge in [-0.05, 0) is 87.0 Å². The van der Waals surface area contributed by atoms with E-state index in [4.69, 9.17) is 13.5 Å². The molecule has 0 aromatic rings. The molecule has 4 fully saturated rings. The summed E-state index contributed by atoms with van der Waals surface area (Å²) in [7, 11) is -4.53. The summed E-state index contributed by atoms with van der Waals surface area (Å²) >= 11 is 0. The van der Waals surface area contributed by atoms with Gasteiger partial charge in [-0.2, -0.15) is 8.42 Å². The molecule has 4 saturated carbocycles. The molecule has 5 aliphatic rings. The van der Waals surface area contributed by atoms with E-state index in [1.165, 1.54) is 0 Å². The van der Waals surface area contributed by atoms with Gasteiger partial charge in [0.15, 0.2) is 0 Å². The fourth-order valence-electron chi connectivity index (χ4n) is 8.55. The molecule has 5 rings (SSSR count). The molecule has 1 aliphatic heterocycles. The van der Waals surface area contributed by atoms with Crippen LogP contribution in [0.15, 0.2) is 11.6 Å². The van der Waals surface area contributed by atoms with Gasteiger partial charge in [0.2, 0.25) is 0 Å². The summed E-state index contributed by atoms with van der Waals surface area (Å²) in [6.45, 7) is 2.44. The molecule has 0 aromatic carbocycles. The van der Waals surface area contributed by atoms with Gasteiger partial charge < -0.3 is 14.6 Å². The van der Waals surface area contributed by atoms with E-state index < -0.39 is 27.5 Å². The first-order chi connectivity index (χ1) is 15.0. The summed E-state index contributed by atoms with van der Waals surface area (Å²) in [6, 6.07) is 0. The van der Waals surface area contributed by atoms with Crippen LogP contribution in [0.3, 0.4) is 0 Å². The van der Waals surface area contributed by atoms with Crippen LogP contribution in [0.1, 0.15) is 64.7 Å². The number of esters is 1. The van der Waals surface area contributed by atoms with E-state index in [-0.39, 0.29) is 35.1 Å². The lowest BCUT2D eigenvalue weighted by Gasteiger charge is -2.63. The highest BCUT2D eigenvalue weighted by Crippen LogP contribution is 2.69. The molecule has 0 aromatic heterocycles. The Morgan fingerprint density at radius 1 is 1.12 bits per heavy atom. The van der Waals surface area contributed by atoms with Crippen molar-refractivity contribution in [3.63, 3.8) is 0 Å². The van der Waals surface area contributed by atoms with Crippen LogP contribution >= 0.6 is 0 Å². The maximum atomic E-state index is 12.6. The molecule has 8 nitrogen and oxygen atoms in total. The second-order valence-corrected chi connectivity index (χ2v) is 12.0. The van der Waals surface area contributed by atoms with E-state index in [1.807, 2.05) is 0 Å². The predicted octanol–water partition coefficient (Wildman–Crippen LogP) is 2.61. The number of aliphatic hydroxyl groups is 1. The van der Waals surface area contributed by atoms with Crippen LogP contribution < -0.4 is 0 Å². The van der Waals surface area contributed by atoms with Crippen molar-refractivity contribution in [1.29, 1.82) is 0 Å². The third-order valence-corrected chi connectivity index (χ3v) is 10.5. The number of hydrogen-bond acceptors (Lipinski definition) is 7. The van der Waals surface area contributed by atoms with Crippen LogP contribution in [0.4, 0.5) is 0 Å². The average molecular weight is 469 g/mol. The molecule has 2 N–H and O–H groups in total. The van der Waals surface area contributed by atoms with E-state index in [0.29, 0.717) is 32.3 Å². The highest BCUT2D eigenvalue weighted by atomic mass is 32.3. The number of carbonyl (C=O) groups excluding carboxylic acids is 2. The number of cyclic esters (lactones) is 1. The molecule has 8 unspecified atom stereocenters. The van der Waals surface area contributed by atoms with Crippen LogP contribution in [-0.2, 0) is 28.9 Å². The first kappa shape index (κ1) is 22.5. The van der Waals surface area contributed by atoms with Crippen molar-refractivity contribution in [2.45, 2.75) is 76.4 Å². The zero-order valence-electron chi connectivity index (χ0n) is 18.4. The Balaban J connectivity index is 1.42. The largest absolute Gasteiger partial charge is 0.458 e. The summed E-state index contributed by atoms with van der Waals surface area (Å²) in [6.07, 6.45) is 7.91. The molecule has 9 heteroatoms. The second-order valence-electron chi connectivity index (χ2n) is 10.9. The van der Waals surface area contributed by atoms with E-state index in [2.05, 4.69) is 6.92 Å². The summed E-state index contributed by atoms with van der Waals surface area (Å²) in [5, 5.41) is 12.2. The first-order valence-electron chi connectivity index (χ1n) is 11.7. The van der Waals surface area contributed by atoms with Gasteiger partial charge in [-0.15, -0.1) is 0 Å². The fourth-order valence-corrected chi connectivity index (χ4v) is 9.07. The van der Waals surface area contributed by atoms with Crippen LogP contribution in [0, 0.1) is 34.5 Å². The molecule has 8 atom stereocenters. The first-order valence-corrected chi connectivity index (χ1v) is 13.1. The van der Waals surface area contributed by atoms with E-state index in [9.17, 15) is 23.1 Å². The Morgan fingerprint density at radius 3 is 2.56 bits per heavy atom. The van der Waals surface area contributed by atoms with Crippen molar-refractivity contribution in [2.24, 2.45) is 34.5 Å². The highest BCUT2D eigenvalue weighted by Gasteiger charge is 2.68. The summed E-state index contributed by atoms with van der Waals surface area (Å²) in [5.41, 5.74) is -0.886. The van der Waals surface area contributed by atoms with Crippen molar-refractivity contribution in [3.8, 4) is 0 Å². The molecule has 0 spiro atoms. The van der Waals surface area contributed by atoms with Crippen LogP contribution in [-0.4, -0.2) is 48.6 Å². The molecule has 178 valence electrons. The molecule has 0 saturated heterocycles. The van der Waals surface area contributed by atoms with Crippen molar-refractivity contribution in [2.75, 3.05) is 6.61 Å². The van der Waals surface area contributed by atoms with E-state index in [0.717, 1.165) is 44.0 Å². The van der Waals surface area contributed by atoms with Gasteiger partial charge in [0.25, 0.3) is 0 Å². The minimum atomic E-state index is -4.53. The number of aldehydes is 1. The normalized spacial score (nSPS) is 48.3. The maximum Gasteiger partial charge on any atom is 0.397 e. The fraction of sp³-hybridized carbons (Fsp3) is 0.826. The minimum absolute atomic E-state index is 0.00892. The Labute approximate surface area is 188 Å². The number of rotatable bonds is 4. The smallest absolute Gasteiger partial charge is 0.397 e. The van der Waals surface area contributed by atoms with Crippen LogP contribution in [0.2, 0.25) is 0 Å². The summed E-state index contributed by atoms with van der Waals surface area (Å²) in [5.74, 6) is -0.195. The van der Waals surface area contributed by atoms with Crippen LogP contribution in [0.5, 0.6) is 0 Å². The lowest BCUT2D eigenvalue weighted by atomic mass is 9.43. The Kier molecular flexibility index (Phi) is 5.17. The third-order valence-electron chi connectivity index (χ3n) is 9.98. The van der Waals surface area contributed by atoms with Gasteiger partial charge >= 0.3 is 16.4 Å². The van der Waals surface area contributed by atoms with Crippen molar-refractivity contribution < 1.29 is 36.6 Å². The molecule has 0 amide bonds. The topological polar surface area (TPSA) is 127 Å². The van der Waals surface area contributed by atoms with Crippen molar-refractivity contribution in [3.05, 3.63) is 11.6 Å². The molecule has 0 radical (unpaired) electrons. The van der Waals surface area contributed by atoms with E-state index >= 15 is 0 Å². The van der Waals surface area contributed by atoms with Gasteiger partial charge in [-0.25, -0.2) is 8.98 Å². The average Bonchev–Trinajstić information content (AvgIpc) is 3.26. The third kappa shape index (κ3) is 3.15. The van der Waals surface area contributed by atoms with Gasteiger partial charge in [-0.3, -0.25) is 4.55 Å². The number of ether oxygens (including phenoxy) is 1. The van der Waals surface area contributed by atoms with Crippen molar-refractivity contribution >= 4 is 22.7 Å². The lowest BCUT2D eigenvalue weighted by molar-refractivity contribution is -0.206. The molecule has 1 heterocycles. The number of carbonyl (C=O) groups is 2. The Morgan fingerprint density at radius 2 is 1.91 bits per heavy atom. The van der Waals surface area contributed by atoms with E-state index in [1.54, 1.807) is 6.08 Å². The molecular weight excluding hydrogens is 436 g/mol. The van der Waals surface area contributed by atoms with Gasteiger partial charge in [0.05, 0.1) is 11.7 Å². The second kappa shape index (κ2) is 7.35. The zero-order chi connectivity index (χ0) is 22.9. The zero-order valence-corrected chi connectivity index (χ0v) is 19.2.